The van der Waals surface area contributed by atoms with Gasteiger partial charge >= 0.3 is 0 Å². The number of carboxylic acid groups (broad SMARTS) is 1. The number of carbonyl (C=O) groups is 1. The van der Waals surface area contributed by atoms with Crippen LogP contribution in [0.25, 0.3) is 11.1 Å². The van der Waals surface area contributed by atoms with Crippen LogP contribution in [0.2, 0.25) is 0 Å². The minimum atomic E-state index is -1.43. The first-order chi connectivity index (χ1) is 12.1. The molecule has 0 spiro atoms. The molecule has 0 aliphatic heterocycles. The van der Waals surface area contributed by atoms with Gasteiger partial charge in [-0.1, -0.05) is 12.1 Å². The van der Waals surface area contributed by atoms with Crippen molar-refractivity contribution in [3.63, 3.8) is 0 Å². The molecule has 0 aliphatic carbocycles. The minimum absolute atomic E-state index is 0.116. The number of hydrogen-bond acceptors (Lipinski definition) is 5. The molecule has 124 valence electrons. The monoisotopic (exact) mass is 334 g/mol. The van der Waals surface area contributed by atoms with E-state index in [0.717, 1.165) is 16.0 Å². The van der Waals surface area contributed by atoms with Crippen LogP contribution in [0.1, 0.15) is 0 Å². The van der Waals surface area contributed by atoms with E-state index in [0.29, 0.717) is 5.69 Å². The molecule has 7 nitrogen and oxygen atoms in total. The third-order valence-corrected chi connectivity index (χ3v) is 3.64. The predicted octanol–water partition coefficient (Wildman–Crippen LogP) is 3.14. The molecular formula is C18H12N3O4-. The number of nitro groups is 1. The van der Waals surface area contributed by atoms with Crippen LogP contribution in [0, 0.1) is 10.1 Å². The molecule has 0 fully saturated rings. The Morgan fingerprint density at radius 2 is 1.32 bits per heavy atom. The first kappa shape index (κ1) is 16.1. The molecule has 0 atom stereocenters. The summed E-state index contributed by atoms with van der Waals surface area (Å²) >= 11 is 0. The molecule has 1 amide bonds. The van der Waals surface area contributed by atoms with Crippen LogP contribution in [0.4, 0.5) is 21.9 Å². The highest BCUT2D eigenvalue weighted by Gasteiger charge is 2.13. The van der Waals surface area contributed by atoms with Gasteiger partial charge in [-0.3, -0.25) is 20.0 Å². The lowest BCUT2D eigenvalue weighted by Crippen LogP contribution is -2.37. The fourth-order valence-electron chi connectivity index (χ4n) is 2.43. The van der Waals surface area contributed by atoms with E-state index in [1.165, 1.54) is 24.3 Å². The average molecular weight is 334 g/mol. The molecule has 0 aliphatic rings. The third-order valence-electron chi connectivity index (χ3n) is 3.64. The second-order valence-corrected chi connectivity index (χ2v) is 5.16. The van der Waals surface area contributed by atoms with Crippen molar-refractivity contribution < 1.29 is 14.8 Å². The Labute approximate surface area is 142 Å². The van der Waals surface area contributed by atoms with Gasteiger partial charge in [-0.2, -0.15) is 0 Å². The zero-order valence-electron chi connectivity index (χ0n) is 12.9. The van der Waals surface area contributed by atoms with Crippen molar-refractivity contribution in [1.29, 1.82) is 0 Å². The highest BCUT2D eigenvalue weighted by atomic mass is 16.6. The van der Waals surface area contributed by atoms with Crippen LogP contribution in [0.15, 0.2) is 73.1 Å². The summed E-state index contributed by atoms with van der Waals surface area (Å²) in [6, 6.07) is 15.8. The topological polar surface area (TPSA) is 99.4 Å². The van der Waals surface area contributed by atoms with E-state index in [-0.39, 0.29) is 11.4 Å². The molecule has 0 radical (unpaired) electrons. The van der Waals surface area contributed by atoms with Crippen molar-refractivity contribution in [1.82, 2.24) is 4.98 Å². The molecule has 3 rings (SSSR count). The minimum Gasteiger partial charge on any atom is -0.529 e. The summed E-state index contributed by atoms with van der Waals surface area (Å²) in [5.74, 6) is 0. The molecule has 3 aromatic rings. The van der Waals surface area contributed by atoms with Crippen LogP contribution in [0.3, 0.4) is 0 Å². The first-order valence-electron chi connectivity index (χ1n) is 7.32. The van der Waals surface area contributed by atoms with Crippen molar-refractivity contribution in [2.24, 2.45) is 0 Å². The van der Waals surface area contributed by atoms with Crippen molar-refractivity contribution >= 4 is 23.2 Å². The Morgan fingerprint density at radius 1 is 0.840 bits per heavy atom. The lowest BCUT2D eigenvalue weighted by molar-refractivity contribution is -0.384. The van der Waals surface area contributed by atoms with Crippen molar-refractivity contribution in [2.45, 2.75) is 0 Å². The van der Waals surface area contributed by atoms with Gasteiger partial charge in [0.2, 0.25) is 0 Å². The first-order valence-corrected chi connectivity index (χ1v) is 7.32. The van der Waals surface area contributed by atoms with Crippen LogP contribution < -0.4 is 10.0 Å². The molecule has 0 saturated heterocycles. The van der Waals surface area contributed by atoms with Gasteiger partial charge < -0.3 is 9.90 Å². The highest BCUT2D eigenvalue weighted by molar-refractivity contribution is 5.94. The Kier molecular flexibility index (Phi) is 4.38. The molecule has 0 bridgehead atoms. The maximum Gasteiger partial charge on any atom is 0.269 e. The van der Waals surface area contributed by atoms with Crippen LogP contribution in [-0.2, 0) is 0 Å². The Bertz CT molecular complexity index is 894. The zero-order chi connectivity index (χ0) is 17.8. The number of nitro benzene ring substituents is 1. The van der Waals surface area contributed by atoms with Crippen molar-refractivity contribution in [2.75, 3.05) is 4.90 Å². The number of nitrogens with zero attached hydrogens (tertiary/aromatic N) is 3. The molecule has 0 N–H and O–H groups in total. The Hall–Kier alpha value is -3.74. The summed E-state index contributed by atoms with van der Waals surface area (Å²) in [4.78, 5) is 26.6. The van der Waals surface area contributed by atoms with Crippen molar-refractivity contribution in [3.05, 3.63) is 83.2 Å². The number of anilines is 2. The van der Waals surface area contributed by atoms with Gasteiger partial charge in [0.05, 0.1) is 4.92 Å². The molecule has 7 heteroatoms. The smallest absolute Gasteiger partial charge is 0.269 e. The largest absolute Gasteiger partial charge is 0.529 e. The highest BCUT2D eigenvalue weighted by Crippen LogP contribution is 2.29. The van der Waals surface area contributed by atoms with E-state index in [2.05, 4.69) is 4.98 Å². The second-order valence-electron chi connectivity index (χ2n) is 5.16. The fourth-order valence-corrected chi connectivity index (χ4v) is 2.43. The summed E-state index contributed by atoms with van der Waals surface area (Å²) < 4.78 is 0. The standard InChI is InChI=1S/C18H13N3O4/c22-18(23)20(16-5-7-17(8-6-16)21(24)25)15-3-1-13(2-4-15)14-9-11-19-12-10-14/h1-12H,(H,22,23)/p-1. The number of non-ortho nitro benzene ring substituents is 1. The van der Waals surface area contributed by atoms with Crippen LogP contribution in [-0.4, -0.2) is 16.0 Å². The molecular weight excluding hydrogens is 322 g/mol. The number of rotatable bonds is 4. The quantitative estimate of drug-likeness (QED) is 0.539. The van der Waals surface area contributed by atoms with E-state index in [4.69, 9.17) is 0 Å². The lowest BCUT2D eigenvalue weighted by Gasteiger charge is -2.25. The molecule has 0 unspecified atom stereocenters. The Morgan fingerprint density at radius 3 is 1.80 bits per heavy atom. The average Bonchev–Trinajstić information content (AvgIpc) is 2.63. The van der Waals surface area contributed by atoms with Crippen molar-refractivity contribution in [3.8, 4) is 11.1 Å². The van der Waals surface area contributed by atoms with Gasteiger partial charge in [-0.05, 0) is 47.5 Å². The number of amides is 1. The summed E-state index contributed by atoms with van der Waals surface area (Å²) in [7, 11) is 0. The molecule has 1 heterocycles. The van der Waals surface area contributed by atoms with Crippen LogP contribution >= 0.6 is 0 Å². The fraction of sp³-hybridized carbons (Fsp3) is 0. The van der Waals surface area contributed by atoms with Gasteiger partial charge in [0.25, 0.3) is 5.69 Å². The van der Waals surface area contributed by atoms with E-state index < -0.39 is 11.0 Å². The lowest BCUT2D eigenvalue weighted by atomic mass is 10.1. The number of aromatic nitrogens is 1. The normalized spacial score (nSPS) is 10.2. The summed E-state index contributed by atoms with van der Waals surface area (Å²) in [6.45, 7) is 0. The predicted molar refractivity (Wildman–Crippen MR) is 90.3 cm³/mol. The van der Waals surface area contributed by atoms with E-state index in [1.807, 2.05) is 12.1 Å². The zero-order valence-corrected chi connectivity index (χ0v) is 12.9. The van der Waals surface area contributed by atoms with E-state index in [1.54, 1.807) is 36.7 Å². The van der Waals surface area contributed by atoms with Gasteiger partial charge in [0, 0.05) is 35.9 Å². The summed E-state index contributed by atoms with van der Waals surface area (Å²) in [5.41, 5.74) is 2.40. The molecule has 25 heavy (non-hydrogen) atoms. The number of carbonyl (C=O) groups excluding carboxylic acids is 1. The van der Waals surface area contributed by atoms with Gasteiger partial charge in [0.1, 0.15) is 6.09 Å². The maximum absolute atomic E-state index is 11.5. The number of pyridine rings is 1. The second kappa shape index (κ2) is 6.79. The third kappa shape index (κ3) is 3.45. The molecule has 0 saturated carbocycles. The molecule has 1 aromatic heterocycles. The SMILES string of the molecule is O=C([O-])N(c1ccc(-c2ccncc2)cc1)c1ccc([N+](=O)[O-])cc1. The number of hydrogen-bond donors (Lipinski definition) is 0. The summed E-state index contributed by atoms with van der Waals surface area (Å²) in [6.07, 6.45) is 1.92. The maximum atomic E-state index is 11.5. The number of benzene rings is 2. The Balaban J connectivity index is 1.93. The van der Waals surface area contributed by atoms with Gasteiger partial charge in [0.15, 0.2) is 0 Å². The van der Waals surface area contributed by atoms with E-state index in [9.17, 15) is 20.0 Å². The summed E-state index contributed by atoms with van der Waals surface area (Å²) in [5, 5.41) is 22.3. The molecule has 2 aromatic carbocycles. The van der Waals surface area contributed by atoms with Crippen LogP contribution in [0.5, 0.6) is 0 Å². The van der Waals surface area contributed by atoms with Gasteiger partial charge in [-0.25, -0.2) is 0 Å². The van der Waals surface area contributed by atoms with Gasteiger partial charge in [-0.15, -0.1) is 0 Å². The van der Waals surface area contributed by atoms with E-state index >= 15 is 0 Å².